The number of anilines is 1. The minimum absolute atomic E-state index is 0.119. The Balaban J connectivity index is 2.38. The van der Waals surface area contributed by atoms with E-state index >= 15 is 0 Å². The SMILES string of the molecule is CCOc1ccc(NC(=O)C(C)(C)CC)cc1S(=O)(=O)N1CCCCC1. The van der Waals surface area contributed by atoms with Crippen LogP contribution in [0.5, 0.6) is 5.75 Å². The molecule has 1 aromatic carbocycles. The first kappa shape index (κ1) is 20.7. The van der Waals surface area contributed by atoms with Crippen LogP contribution in [-0.4, -0.2) is 38.3 Å². The van der Waals surface area contributed by atoms with E-state index in [0.717, 1.165) is 19.3 Å². The van der Waals surface area contributed by atoms with Crippen molar-refractivity contribution in [2.24, 2.45) is 5.41 Å². The Morgan fingerprint density at radius 1 is 1.19 bits per heavy atom. The molecule has 1 saturated heterocycles. The molecule has 146 valence electrons. The maximum Gasteiger partial charge on any atom is 0.246 e. The molecule has 26 heavy (non-hydrogen) atoms. The molecule has 0 radical (unpaired) electrons. The molecule has 0 unspecified atom stereocenters. The van der Waals surface area contributed by atoms with Gasteiger partial charge in [0.05, 0.1) is 6.61 Å². The van der Waals surface area contributed by atoms with Gasteiger partial charge in [-0.2, -0.15) is 4.31 Å². The summed E-state index contributed by atoms with van der Waals surface area (Å²) in [5, 5.41) is 2.84. The van der Waals surface area contributed by atoms with Crippen LogP contribution in [0.4, 0.5) is 5.69 Å². The van der Waals surface area contributed by atoms with E-state index in [1.165, 1.54) is 10.4 Å². The number of ether oxygens (including phenoxy) is 1. The van der Waals surface area contributed by atoms with Gasteiger partial charge in [0.25, 0.3) is 0 Å². The van der Waals surface area contributed by atoms with E-state index < -0.39 is 15.4 Å². The van der Waals surface area contributed by atoms with Crippen molar-refractivity contribution in [1.82, 2.24) is 4.31 Å². The molecule has 1 aromatic rings. The molecule has 0 aliphatic carbocycles. The maximum absolute atomic E-state index is 13.1. The fourth-order valence-corrected chi connectivity index (χ4v) is 4.44. The highest BCUT2D eigenvalue weighted by Crippen LogP contribution is 2.32. The highest BCUT2D eigenvalue weighted by Gasteiger charge is 2.30. The summed E-state index contributed by atoms with van der Waals surface area (Å²) in [4.78, 5) is 12.6. The number of nitrogens with one attached hydrogen (secondary N) is 1. The molecular formula is C19H30N2O4S. The number of rotatable bonds is 7. The van der Waals surface area contributed by atoms with Gasteiger partial charge in [-0.1, -0.05) is 27.2 Å². The first-order valence-electron chi connectivity index (χ1n) is 9.31. The lowest BCUT2D eigenvalue weighted by Gasteiger charge is -2.27. The number of hydrogen-bond acceptors (Lipinski definition) is 4. The quantitative estimate of drug-likeness (QED) is 0.781. The van der Waals surface area contributed by atoms with Crippen LogP contribution in [-0.2, 0) is 14.8 Å². The van der Waals surface area contributed by atoms with Gasteiger partial charge in [0.2, 0.25) is 15.9 Å². The summed E-state index contributed by atoms with van der Waals surface area (Å²) in [6.07, 6.45) is 3.47. The Hall–Kier alpha value is -1.60. The summed E-state index contributed by atoms with van der Waals surface area (Å²) >= 11 is 0. The van der Waals surface area contributed by atoms with E-state index in [4.69, 9.17) is 4.74 Å². The largest absolute Gasteiger partial charge is 0.492 e. The van der Waals surface area contributed by atoms with Gasteiger partial charge in [0.1, 0.15) is 10.6 Å². The Bertz CT molecular complexity index is 738. The lowest BCUT2D eigenvalue weighted by Crippen LogP contribution is -2.36. The van der Waals surface area contributed by atoms with Crippen molar-refractivity contribution in [2.75, 3.05) is 25.0 Å². The molecule has 0 atom stereocenters. The Labute approximate surface area is 157 Å². The molecule has 0 bridgehead atoms. The molecule has 1 heterocycles. The zero-order valence-electron chi connectivity index (χ0n) is 16.2. The van der Waals surface area contributed by atoms with Crippen LogP contribution in [0.25, 0.3) is 0 Å². The van der Waals surface area contributed by atoms with Gasteiger partial charge in [0, 0.05) is 24.2 Å². The van der Waals surface area contributed by atoms with Crippen LogP contribution in [0.1, 0.15) is 53.4 Å². The van der Waals surface area contributed by atoms with Crippen molar-refractivity contribution in [3.05, 3.63) is 18.2 Å². The number of sulfonamides is 1. The fourth-order valence-electron chi connectivity index (χ4n) is 2.77. The smallest absolute Gasteiger partial charge is 0.246 e. The average molecular weight is 383 g/mol. The predicted octanol–water partition coefficient (Wildman–Crippen LogP) is 3.63. The molecule has 6 nitrogen and oxygen atoms in total. The first-order chi connectivity index (χ1) is 12.2. The zero-order chi connectivity index (χ0) is 19.4. The summed E-state index contributed by atoms with van der Waals surface area (Å²) in [5.74, 6) is 0.191. The Morgan fingerprint density at radius 3 is 2.42 bits per heavy atom. The molecule has 2 rings (SSSR count). The second-order valence-corrected chi connectivity index (χ2v) is 9.16. The van der Waals surface area contributed by atoms with Gasteiger partial charge in [-0.3, -0.25) is 4.79 Å². The summed E-state index contributed by atoms with van der Waals surface area (Å²) in [6.45, 7) is 8.91. The van der Waals surface area contributed by atoms with Crippen molar-refractivity contribution in [3.8, 4) is 5.75 Å². The van der Waals surface area contributed by atoms with Crippen molar-refractivity contribution in [3.63, 3.8) is 0 Å². The summed E-state index contributed by atoms with van der Waals surface area (Å²) in [5.41, 5.74) is -0.0552. The second-order valence-electron chi connectivity index (χ2n) is 7.25. The van der Waals surface area contributed by atoms with Crippen LogP contribution in [0.2, 0.25) is 0 Å². The van der Waals surface area contributed by atoms with Crippen LogP contribution in [0.3, 0.4) is 0 Å². The highest BCUT2D eigenvalue weighted by molar-refractivity contribution is 7.89. The molecule has 7 heteroatoms. The van der Waals surface area contributed by atoms with Gasteiger partial charge in [-0.15, -0.1) is 0 Å². The van der Waals surface area contributed by atoms with Gasteiger partial charge < -0.3 is 10.1 Å². The van der Waals surface area contributed by atoms with Crippen LogP contribution in [0.15, 0.2) is 23.1 Å². The third-order valence-corrected chi connectivity index (χ3v) is 6.85. The van der Waals surface area contributed by atoms with Gasteiger partial charge in [-0.05, 0) is 44.4 Å². The lowest BCUT2D eigenvalue weighted by molar-refractivity contribution is -0.124. The third kappa shape index (κ3) is 4.57. The minimum atomic E-state index is -3.66. The second kappa shape index (κ2) is 8.39. The summed E-state index contributed by atoms with van der Waals surface area (Å²) in [6, 6.07) is 4.82. The van der Waals surface area contributed by atoms with E-state index in [1.807, 2.05) is 27.7 Å². The molecule has 0 aromatic heterocycles. The zero-order valence-corrected chi connectivity index (χ0v) is 17.0. The standard InChI is InChI=1S/C19H30N2O4S/c1-5-19(3,4)18(22)20-15-10-11-16(25-6-2)17(14-15)26(23,24)21-12-8-7-9-13-21/h10-11,14H,5-9,12-13H2,1-4H3,(H,20,22). The van der Waals surface area contributed by atoms with E-state index in [9.17, 15) is 13.2 Å². The molecule has 1 amide bonds. The topological polar surface area (TPSA) is 75.7 Å². The van der Waals surface area contributed by atoms with Gasteiger partial charge in [-0.25, -0.2) is 8.42 Å². The van der Waals surface area contributed by atoms with Gasteiger partial charge in [0.15, 0.2) is 0 Å². The van der Waals surface area contributed by atoms with Crippen LogP contribution in [0, 0.1) is 5.41 Å². The molecule has 1 N–H and O–H groups in total. The molecule has 1 fully saturated rings. The number of carbonyl (C=O) groups excluding carboxylic acids is 1. The number of carbonyl (C=O) groups is 1. The predicted molar refractivity (Wildman–Crippen MR) is 103 cm³/mol. The van der Waals surface area contributed by atoms with E-state index in [2.05, 4.69) is 5.32 Å². The normalized spacial score (nSPS) is 16.3. The lowest BCUT2D eigenvalue weighted by atomic mass is 9.89. The highest BCUT2D eigenvalue weighted by atomic mass is 32.2. The van der Waals surface area contributed by atoms with Gasteiger partial charge >= 0.3 is 0 Å². The Kier molecular flexibility index (Phi) is 6.69. The average Bonchev–Trinajstić information content (AvgIpc) is 2.63. The fraction of sp³-hybridized carbons (Fsp3) is 0.632. The van der Waals surface area contributed by atoms with E-state index in [1.54, 1.807) is 12.1 Å². The molecule has 1 aliphatic rings. The van der Waals surface area contributed by atoms with Crippen molar-refractivity contribution >= 4 is 21.6 Å². The number of piperidine rings is 1. The van der Waals surface area contributed by atoms with Crippen molar-refractivity contribution in [1.29, 1.82) is 0 Å². The van der Waals surface area contributed by atoms with E-state index in [-0.39, 0.29) is 10.8 Å². The van der Waals surface area contributed by atoms with Crippen molar-refractivity contribution in [2.45, 2.75) is 58.3 Å². The van der Waals surface area contributed by atoms with E-state index in [0.29, 0.717) is 37.6 Å². The molecular weight excluding hydrogens is 352 g/mol. The number of benzene rings is 1. The first-order valence-corrected chi connectivity index (χ1v) is 10.7. The molecule has 0 spiro atoms. The van der Waals surface area contributed by atoms with Crippen LogP contribution >= 0.6 is 0 Å². The van der Waals surface area contributed by atoms with Crippen molar-refractivity contribution < 1.29 is 17.9 Å². The number of amides is 1. The summed E-state index contributed by atoms with van der Waals surface area (Å²) < 4.78 is 33.3. The van der Waals surface area contributed by atoms with Crippen LogP contribution < -0.4 is 10.1 Å². The number of hydrogen-bond donors (Lipinski definition) is 1. The summed E-state index contributed by atoms with van der Waals surface area (Å²) in [7, 11) is -3.66. The molecule has 1 aliphatic heterocycles. The third-order valence-electron chi connectivity index (χ3n) is 4.93. The monoisotopic (exact) mass is 382 g/mol. The minimum Gasteiger partial charge on any atom is -0.492 e. The molecule has 0 saturated carbocycles. The number of nitrogens with zero attached hydrogens (tertiary/aromatic N) is 1. The Morgan fingerprint density at radius 2 is 1.85 bits per heavy atom. The maximum atomic E-state index is 13.1.